The molecule has 184 valence electrons. The molecule has 0 amide bonds. The number of aryl methyl sites for hydroxylation is 2. The third kappa shape index (κ3) is 4.62. The molecular weight excluding hydrogens is 452 g/mol. The van der Waals surface area contributed by atoms with Gasteiger partial charge in [0.15, 0.2) is 0 Å². The first-order valence-electron chi connectivity index (χ1n) is 11.7. The molecule has 1 N–H and O–H groups in total. The second-order valence-corrected chi connectivity index (χ2v) is 9.12. The summed E-state index contributed by atoms with van der Waals surface area (Å²) >= 11 is 0. The van der Waals surface area contributed by atoms with Gasteiger partial charge < -0.3 is 19.3 Å². The average molecular weight is 481 g/mol. The summed E-state index contributed by atoms with van der Waals surface area (Å²) in [5.74, 6) is 0.842. The van der Waals surface area contributed by atoms with E-state index in [1.54, 1.807) is 24.0 Å². The molecule has 3 heterocycles. The van der Waals surface area contributed by atoms with Crippen LogP contribution >= 0.6 is 0 Å². The summed E-state index contributed by atoms with van der Waals surface area (Å²) in [4.78, 5) is 24.5. The number of aliphatic carboxylic acids is 1. The van der Waals surface area contributed by atoms with E-state index in [1.165, 1.54) is 7.11 Å². The Labute approximate surface area is 202 Å². The lowest BCUT2D eigenvalue weighted by atomic mass is 9.92. The lowest BCUT2D eigenvalue weighted by Gasteiger charge is -2.18. The van der Waals surface area contributed by atoms with Crippen LogP contribution in [0.4, 0.5) is 0 Å². The molecule has 5 rings (SSSR count). The van der Waals surface area contributed by atoms with Gasteiger partial charge in [0.1, 0.15) is 23.7 Å². The van der Waals surface area contributed by atoms with Crippen LogP contribution in [-0.2, 0) is 18.4 Å². The van der Waals surface area contributed by atoms with E-state index in [4.69, 9.17) is 19.2 Å². The number of ether oxygens (including phenoxy) is 3. The number of methoxy groups -OCH3 is 1. The molecule has 3 aromatic heterocycles. The highest BCUT2D eigenvalue weighted by Gasteiger charge is 2.47. The Morgan fingerprint density at radius 2 is 2.06 bits per heavy atom. The van der Waals surface area contributed by atoms with Gasteiger partial charge in [0, 0.05) is 19.3 Å². The van der Waals surface area contributed by atoms with Crippen molar-refractivity contribution in [3.63, 3.8) is 0 Å². The molecule has 2 saturated carbocycles. The fourth-order valence-electron chi connectivity index (χ4n) is 5.30. The zero-order valence-corrected chi connectivity index (χ0v) is 19.9. The minimum Gasteiger partial charge on any atom is -0.489 e. The van der Waals surface area contributed by atoms with Crippen LogP contribution in [0.5, 0.6) is 17.6 Å². The molecule has 0 radical (unpaired) electrons. The van der Waals surface area contributed by atoms with Crippen molar-refractivity contribution in [2.45, 2.75) is 45.3 Å². The summed E-state index contributed by atoms with van der Waals surface area (Å²) in [6, 6.07) is 5.58. The molecule has 2 aliphatic carbocycles. The normalized spacial score (nSPS) is 23.2. The average Bonchev–Trinajstić information content (AvgIpc) is 3.53. The number of carboxylic acid groups (broad SMARTS) is 1. The second kappa shape index (κ2) is 9.47. The highest BCUT2D eigenvalue weighted by atomic mass is 16.5. The van der Waals surface area contributed by atoms with Gasteiger partial charge in [-0.05, 0) is 56.6 Å². The molecular formula is C24H28N6O5. The van der Waals surface area contributed by atoms with Crippen molar-refractivity contribution < 1.29 is 24.1 Å². The number of fused-ring (bicyclic) bond motifs is 1. The van der Waals surface area contributed by atoms with Gasteiger partial charge >= 0.3 is 12.0 Å². The minimum absolute atomic E-state index is 0.0156. The van der Waals surface area contributed by atoms with Crippen molar-refractivity contribution in [1.29, 1.82) is 0 Å². The summed E-state index contributed by atoms with van der Waals surface area (Å²) in [6.07, 6.45) is 5.00. The van der Waals surface area contributed by atoms with Crippen molar-refractivity contribution in [1.82, 2.24) is 29.9 Å². The minimum atomic E-state index is -0.679. The third-order valence-corrected chi connectivity index (χ3v) is 7.06. The van der Waals surface area contributed by atoms with Crippen molar-refractivity contribution in [3.05, 3.63) is 35.8 Å². The topological polar surface area (TPSA) is 134 Å². The Hall–Kier alpha value is -3.76. The Balaban J connectivity index is 1.28. The maximum atomic E-state index is 11.5. The van der Waals surface area contributed by atoms with Gasteiger partial charge in [0.05, 0.1) is 30.5 Å². The van der Waals surface area contributed by atoms with E-state index in [-0.39, 0.29) is 30.6 Å². The number of aromatic nitrogens is 6. The monoisotopic (exact) mass is 480 g/mol. The number of pyridine rings is 1. The number of hydrogen-bond acceptors (Lipinski definition) is 9. The molecule has 3 aromatic rings. The Bertz CT molecular complexity index is 1230. The second-order valence-electron chi connectivity index (χ2n) is 9.12. The first kappa shape index (κ1) is 23.0. The molecule has 4 atom stereocenters. The zero-order valence-electron chi connectivity index (χ0n) is 19.9. The highest BCUT2D eigenvalue weighted by Crippen LogP contribution is 2.48. The summed E-state index contributed by atoms with van der Waals surface area (Å²) in [6.45, 7) is 2.05. The van der Waals surface area contributed by atoms with E-state index >= 15 is 0 Å². The fourth-order valence-corrected chi connectivity index (χ4v) is 5.30. The van der Waals surface area contributed by atoms with Gasteiger partial charge in [-0.15, -0.1) is 5.10 Å². The standard InChI is InChI=1S/C24H28N6O5/c1-13-20(35-15-10-14-4-5-16(23(31)32)17(14)11-15)7-6-18(26-13)22-19(30(2)29-28-22)12-34-24-25-9-8-21(27-24)33-3/h6-9,14-17H,4-5,10-12H2,1-3H3,(H,31,32)/t14-,15+,16+,17+/m0/s1. The SMILES string of the molecule is COc1ccnc(OCc2c(-c3ccc(O[C@@H]4C[C@@H]5CC[C@@H](C(=O)O)[C@@H]5C4)c(C)n3)nnn2C)n1. The molecule has 0 saturated heterocycles. The van der Waals surface area contributed by atoms with E-state index in [0.29, 0.717) is 28.9 Å². The summed E-state index contributed by atoms with van der Waals surface area (Å²) in [5, 5.41) is 17.9. The summed E-state index contributed by atoms with van der Waals surface area (Å²) in [5.41, 5.74) is 2.72. The van der Waals surface area contributed by atoms with E-state index in [1.807, 2.05) is 19.1 Å². The first-order chi connectivity index (χ1) is 16.9. The lowest BCUT2D eigenvalue weighted by Crippen LogP contribution is -2.21. The largest absolute Gasteiger partial charge is 0.489 e. The van der Waals surface area contributed by atoms with E-state index in [2.05, 4.69) is 20.3 Å². The van der Waals surface area contributed by atoms with Gasteiger partial charge in [0.25, 0.3) is 0 Å². The van der Waals surface area contributed by atoms with Crippen LogP contribution < -0.4 is 14.2 Å². The predicted octanol–water partition coefficient (Wildman–Crippen LogP) is 2.83. The third-order valence-electron chi connectivity index (χ3n) is 7.06. The molecule has 0 unspecified atom stereocenters. The van der Waals surface area contributed by atoms with Gasteiger partial charge in [-0.3, -0.25) is 4.79 Å². The van der Waals surface area contributed by atoms with Crippen LogP contribution in [0.1, 0.15) is 37.1 Å². The predicted molar refractivity (Wildman–Crippen MR) is 123 cm³/mol. The summed E-state index contributed by atoms with van der Waals surface area (Å²) in [7, 11) is 3.31. The quantitative estimate of drug-likeness (QED) is 0.513. The first-order valence-corrected chi connectivity index (χ1v) is 11.7. The summed E-state index contributed by atoms with van der Waals surface area (Å²) < 4.78 is 18.8. The Kier molecular flexibility index (Phi) is 6.23. The van der Waals surface area contributed by atoms with E-state index < -0.39 is 5.97 Å². The number of carbonyl (C=O) groups is 1. The Morgan fingerprint density at radius 3 is 2.83 bits per heavy atom. The molecule has 11 nitrogen and oxygen atoms in total. The molecule has 0 bridgehead atoms. The van der Waals surface area contributed by atoms with Crippen LogP contribution in [0.25, 0.3) is 11.4 Å². The lowest BCUT2D eigenvalue weighted by molar-refractivity contribution is -0.143. The molecule has 0 aromatic carbocycles. The number of rotatable bonds is 8. The molecule has 35 heavy (non-hydrogen) atoms. The molecule has 2 aliphatic rings. The molecule has 0 aliphatic heterocycles. The number of nitrogens with zero attached hydrogens (tertiary/aromatic N) is 6. The van der Waals surface area contributed by atoms with Gasteiger partial charge in [-0.2, -0.15) is 4.98 Å². The van der Waals surface area contributed by atoms with E-state index in [0.717, 1.165) is 37.1 Å². The molecule has 0 spiro atoms. The van der Waals surface area contributed by atoms with Crippen LogP contribution in [0, 0.1) is 24.7 Å². The fraction of sp³-hybridized carbons (Fsp3) is 0.500. The van der Waals surface area contributed by atoms with E-state index in [9.17, 15) is 9.90 Å². The maximum absolute atomic E-state index is 11.5. The van der Waals surface area contributed by atoms with Crippen LogP contribution in [-0.4, -0.2) is 54.2 Å². The molecule has 2 fully saturated rings. The number of hydrogen-bond donors (Lipinski definition) is 1. The van der Waals surface area contributed by atoms with Crippen molar-refractivity contribution in [3.8, 4) is 29.0 Å². The smallest absolute Gasteiger partial charge is 0.320 e. The highest BCUT2D eigenvalue weighted by molar-refractivity contribution is 5.71. The van der Waals surface area contributed by atoms with Gasteiger partial charge in [-0.25, -0.2) is 14.6 Å². The maximum Gasteiger partial charge on any atom is 0.320 e. The van der Waals surface area contributed by atoms with Crippen molar-refractivity contribution in [2.75, 3.05) is 7.11 Å². The molecule has 11 heteroatoms. The van der Waals surface area contributed by atoms with Crippen molar-refractivity contribution in [2.24, 2.45) is 24.8 Å². The zero-order chi connectivity index (χ0) is 24.5. The van der Waals surface area contributed by atoms with Crippen LogP contribution in [0.15, 0.2) is 24.4 Å². The van der Waals surface area contributed by atoms with Crippen molar-refractivity contribution >= 4 is 5.97 Å². The number of carboxylic acids is 1. The van der Waals surface area contributed by atoms with Crippen LogP contribution in [0.3, 0.4) is 0 Å². The van der Waals surface area contributed by atoms with Crippen LogP contribution in [0.2, 0.25) is 0 Å². The van der Waals surface area contributed by atoms with Gasteiger partial charge in [0.2, 0.25) is 5.88 Å². The Morgan fingerprint density at radius 1 is 1.20 bits per heavy atom. The van der Waals surface area contributed by atoms with Gasteiger partial charge in [-0.1, -0.05) is 5.21 Å².